The molecule has 0 saturated heterocycles. The number of hydrogen-bond donors (Lipinski definition) is 2. The number of aromatic amines is 1. The molecule has 0 spiro atoms. The molecule has 6 heteroatoms. The highest BCUT2D eigenvalue weighted by atomic mass is 16.6. The summed E-state index contributed by atoms with van der Waals surface area (Å²) in [6.07, 6.45) is 1.30. The van der Waals surface area contributed by atoms with Gasteiger partial charge in [0.05, 0.1) is 6.20 Å². The molecule has 2 N–H and O–H groups in total. The van der Waals surface area contributed by atoms with E-state index in [2.05, 4.69) is 20.1 Å². The van der Waals surface area contributed by atoms with Gasteiger partial charge in [-0.3, -0.25) is 5.10 Å². The Balaban J connectivity index is 2.48. The molecule has 0 aliphatic carbocycles. The molecular weight excluding hydrogens is 138 g/mol. The number of aliphatic hydroxyl groups excluding tert-OH is 1. The molecule has 0 fully saturated rings. The second-order valence-corrected chi connectivity index (χ2v) is 1.44. The second-order valence-electron chi connectivity index (χ2n) is 1.44. The molecule has 0 unspecified atom stereocenters. The van der Waals surface area contributed by atoms with Gasteiger partial charge in [-0.25, -0.2) is 4.79 Å². The maximum absolute atomic E-state index is 10.3. The summed E-state index contributed by atoms with van der Waals surface area (Å²) in [7, 11) is 0. The van der Waals surface area contributed by atoms with E-state index in [0.717, 1.165) is 0 Å². The fourth-order valence-electron chi connectivity index (χ4n) is 0.390. The minimum atomic E-state index is -0.756. The first kappa shape index (κ1) is 6.69. The SMILES string of the molecule is O=C(CO)Oc1c[nH]nn1. The number of hydrogen-bond acceptors (Lipinski definition) is 5. The Labute approximate surface area is 55.8 Å². The van der Waals surface area contributed by atoms with Crippen molar-refractivity contribution in [1.82, 2.24) is 15.4 Å². The number of aromatic nitrogens is 3. The first-order valence-electron chi connectivity index (χ1n) is 2.51. The Hall–Kier alpha value is -1.43. The Morgan fingerprint density at radius 3 is 3.20 bits per heavy atom. The lowest BCUT2D eigenvalue weighted by Crippen LogP contribution is -2.12. The normalized spacial score (nSPS) is 9.30. The van der Waals surface area contributed by atoms with Crippen molar-refractivity contribution in [2.75, 3.05) is 6.61 Å². The molecule has 0 radical (unpaired) electrons. The van der Waals surface area contributed by atoms with Crippen LogP contribution < -0.4 is 4.74 Å². The molecule has 0 atom stereocenters. The maximum Gasteiger partial charge on any atom is 0.338 e. The van der Waals surface area contributed by atoms with Gasteiger partial charge in [-0.1, -0.05) is 10.3 Å². The van der Waals surface area contributed by atoms with E-state index >= 15 is 0 Å². The van der Waals surface area contributed by atoms with E-state index < -0.39 is 12.6 Å². The van der Waals surface area contributed by atoms with Crippen molar-refractivity contribution < 1.29 is 14.6 Å². The first-order chi connectivity index (χ1) is 4.83. The predicted octanol–water partition coefficient (Wildman–Crippen LogP) is -1.30. The molecule has 54 valence electrons. The lowest BCUT2D eigenvalue weighted by molar-refractivity contribution is -0.137. The van der Waals surface area contributed by atoms with Gasteiger partial charge in [0.2, 0.25) is 0 Å². The summed E-state index contributed by atoms with van der Waals surface area (Å²) in [4.78, 5) is 10.3. The number of rotatable bonds is 2. The zero-order chi connectivity index (χ0) is 7.40. The Kier molecular flexibility index (Phi) is 1.96. The van der Waals surface area contributed by atoms with Crippen LogP contribution in [0.1, 0.15) is 0 Å². The van der Waals surface area contributed by atoms with Crippen molar-refractivity contribution in [1.29, 1.82) is 0 Å². The Bertz CT molecular complexity index is 208. The largest absolute Gasteiger partial charge is 0.402 e. The number of nitrogens with zero attached hydrogens (tertiary/aromatic N) is 2. The van der Waals surface area contributed by atoms with Gasteiger partial charge in [0.1, 0.15) is 6.61 Å². The van der Waals surface area contributed by atoms with Gasteiger partial charge in [-0.2, -0.15) is 0 Å². The zero-order valence-electron chi connectivity index (χ0n) is 4.94. The van der Waals surface area contributed by atoms with Crippen molar-refractivity contribution in [2.24, 2.45) is 0 Å². The molecule has 1 aromatic rings. The van der Waals surface area contributed by atoms with Crippen LogP contribution >= 0.6 is 0 Å². The van der Waals surface area contributed by atoms with E-state index in [-0.39, 0.29) is 5.88 Å². The summed E-state index contributed by atoms with van der Waals surface area (Å²) in [6, 6.07) is 0. The average molecular weight is 143 g/mol. The first-order valence-corrected chi connectivity index (χ1v) is 2.51. The third kappa shape index (κ3) is 1.52. The summed E-state index contributed by atoms with van der Waals surface area (Å²) in [6.45, 7) is -0.660. The molecule has 10 heavy (non-hydrogen) atoms. The number of carbonyl (C=O) groups excluding carboxylic acids is 1. The van der Waals surface area contributed by atoms with E-state index in [1.165, 1.54) is 6.20 Å². The zero-order valence-corrected chi connectivity index (χ0v) is 4.94. The molecule has 0 aromatic carbocycles. The highest BCUT2D eigenvalue weighted by Gasteiger charge is 2.02. The fourth-order valence-corrected chi connectivity index (χ4v) is 0.390. The van der Waals surface area contributed by atoms with Crippen LogP contribution in [0.5, 0.6) is 5.88 Å². The molecule has 0 bridgehead atoms. The maximum atomic E-state index is 10.3. The highest BCUT2D eigenvalue weighted by molar-refractivity contribution is 5.72. The summed E-state index contributed by atoms with van der Waals surface area (Å²) in [5.74, 6) is -0.701. The van der Waals surface area contributed by atoms with Gasteiger partial charge >= 0.3 is 5.97 Å². The van der Waals surface area contributed by atoms with Gasteiger partial charge in [-0.15, -0.1) is 0 Å². The molecule has 0 aliphatic rings. The van der Waals surface area contributed by atoms with Crippen LogP contribution in [0.25, 0.3) is 0 Å². The monoisotopic (exact) mass is 143 g/mol. The summed E-state index contributed by atoms with van der Waals surface area (Å²) >= 11 is 0. The summed E-state index contributed by atoms with van der Waals surface area (Å²) < 4.78 is 4.41. The number of aliphatic hydroxyl groups is 1. The van der Waals surface area contributed by atoms with Gasteiger partial charge in [0, 0.05) is 0 Å². The van der Waals surface area contributed by atoms with Crippen LogP contribution in [0.4, 0.5) is 0 Å². The molecule has 0 aliphatic heterocycles. The minimum absolute atomic E-state index is 0.0547. The minimum Gasteiger partial charge on any atom is -0.402 e. The van der Waals surface area contributed by atoms with E-state index in [1.807, 2.05) is 0 Å². The van der Waals surface area contributed by atoms with Gasteiger partial charge < -0.3 is 9.84 Å². The number of carbonyl (C=O) groups is 1. The summed E-state index contributed by atoms with van der Waals surface area (Å²) in [5.41, 5.74) is 0. The van der Waals surface area contributed by atoms with E-state index in [9.17, 15) is 4.79 Å². The number of H-pyrrole nitrogens is 1. The van der Waals surface area contributed by atoms with Crippen LogP contribution in [-0.2, 0) is 4.79 Å². The van der Waals surface area contributed by atoms with Crippen molar-refractivity contribution in [3.8, 4) is 5.88 Å². The lowest BCUT2D eigenvalue weighted by atomic mass is 10.7. The number of ether oxygens (including phenoxy) is 1. The number of nitrogens with one attached hydrogen (secondary N) is 1. The average Bonchev–Trinajstić information content (AvgIpc) is 2.40. The highest BCUT2D eigenvalue weighted by Crippen LogP contribution is 1.98. The topological polar surface area (TPSA) is 88.1 Å². The fraction of sp³-hybridized carbons (Fsp3) is 0.250. The lowest BCUT2D eigenvalue weighted by Gasteiger charge is -1.92. The molecule has 1 aromatic heterocycles. The standard InChI is InChI=1S/C4H5N3O3/c8-2-4(9)10-3-1-5-7-6-3/h1,8H,2H2,(H,5,6,7). The third-order valence-electron chi connectivity index (χ3n) is 0.742. The molecule has 0 saturated carbocycles. The van der Waals surface area contributed by atoms with Crippen LogP contribution in [0.3, 0.4) is 0 Å². The predicted molar refractivity (Wildman–Crippen MR) is 29.1 cm³/mol. The molecule has 1 rings (SSSR count). The van der Waals surface area contributed by atoms with E-state index in [0.29, 0.717) is 0 Å². The van der Waals surface area contributed by atoms with E-state index in [1.54, 1.807) is 0 Å². The molecular formula is C4H5N3O3. The van der Waals surface area contributed by atoms with Crippen LogP contribution in [0.15, 0.2) is 6.20 Å². The molecule has 0 amide bonds. The summed E-state index contributed by atoms with van der Waals surface area (Å²) in [5, 5.41) is 17.2. The second kappa shape index (κ2) is 2.92. The Morgan fingerprint density at radius 2 is 2.70 bits per heavy atom. The molecule has 1 heterocycles. The number of esters is 1. The van der Waals surface area contributed by atoms with Crippen molar-refractivity contribution in [3.63, 3.8) is 0 Å². The van der Waals surface area contributed by atoms with Crippen molar-refractivity contribution >= 4 is 5.97 Å². The van der Waals surface area contributed by atoms with Crippen LogP contribution in [0.2, 0.25) is 0 Å². The van der Waals surface area contributed by atoms with Crippen molar-refractivity contribution in [2.45, 2.75) is 0 Å². The Morgan fingerprint density at radius 1 is 1.90 bits per heavy atom. The quantitative estimate of drug-likeness (QED) is 0.502. The van der Waals surface area contributed by atoms with Crippen LogP contribution in [0, 0.1) is 0 Å². The third-order valence-corrected chi connectivity index (χ3v) is 0.742. The van der Waals surface area contributed by atoms with Gasteiger partial charge in [0.25, 0.3) is 5.88 Å². The van der Waals surface area contributed by atoms with Crippen LogP contribution in [-0.4, -0.2) is 33.1 Å². The van der Waals surface area contributed by atoms with Crippen molar-refractivity contribution in [3.05, 3.63) is 6.20 Å². The van der Waals surface area contributed by atoms with E-state index in [4.69, 9.17) is 5.11 Å². The van der Waals surface area contributed by atoms with Gasteiger partial charge in [-0.05, 0) is 0 Å². The van der Waals surface area contributed by atoms with Gasteiger partial charge in [0.15, 0.2) is 0 Å². The smallest absolute Gasteiger partial charge is 0.338 e. The molecule has 6 nitrogen and oxygen atoms in total.